The third-order valence-corrected chi connectivity index (χ3v) is 2.51. The molecular weight excluding hydrogens is 202 g/mol. The van der Waals surface area contributed by atoms with Gasteiger partial charge in [0.05, 0.1) is 17.1 Å². The summed E-state index contributed by atoms with van der Waals surface area (Å²) in [5, 5.41) is 2.91. The van der Waals surface area contributed by atoms with E-state index in [4.69, 9.17) is 5.73 Å². The van der Waals surface area contributed by atoms with Gasteiger partial charge >= 0.3 is 0 Å². The number of Topliss-reactive ketones (excluding diaryl/α,β-unsaturated/α-hetero) is 1. The minimum atomic E-state index is -0.584. The Balaban J connectivity index is 2.69. The highest BCUT2D eigenvalue weighted by atomic mass is 32.1. The number of nitrogens with two attached hydrogens (primary N) is 1. The molecule has 1 aromatic heterocycles. The highest BCUT2D eigenvalue weighted by molar-refractivity contribution is 7.17. The molecule has 1 unspecified atom stereocenters. The lowest BCUT2D eigenvalue weighted by Gasteiger charge is -2.02. The Morgan fingerprint density at radius 1 is 1.64 bits per heavy atom. The smallest absolute Gasteiger partial charge is 0.242 e. The normalized spacial score (nSPS) is 12.2. The molecule has 0 bridgehead atoms. The number of carbonyl (C=O) groups excluding carboxylic acids is 2. The van der Waals surface area contributed by atoms with E-state index in [-0.39, 0.29) is 11.7 Å². The fraction of sp³-hybridized carbons (Fsp3) is 0.375. The zero-order valence-corrected chi connectivity index (χ0v) is 8.72. The Hall–Kier alpha value is -1.27. The highest BCUT2D eigenvalue weighted by Crippen LogP contribution is 2.18. The van der Waals surface area contributed by atoms with E-state index in [0.29, 0.717) is 10.0 Å². The summed E-state index contributed by atoms with van der Waals surface area (Å²) in [6, 6.07) is -0.584. The minimum absolute atomic E-state index is 0.0659. The summed E-state index contributed by atoms with van der Waals surface area (Å²) in [7, 11) is 0. The summed E-state index contributed by atoms with van der Waals surface area (Å²) in [5.74, 6) is -0.377. The number of nitrogens with zero attached hydrogens (tertiary/aromatic N) is 1. The average Bonchev–Trinajstić information content (AvgIpc) is 2.52. The van der Waals surface area contributed by atoms with Crippen molar-refractivity contribution in [1.29, 1.82) is 0 Å². The molecule has 1 rings (SSSR count). The van der Waals surface area contributed by atoms with Crippen molar-refractivity contribution in [3.8, 4) is 0 Å². The van der Waals surface area contributed by atoms with Crippen molar-refractivity contribution in [2.45, 2.75) is 19.9 Å². The van der Waals surface area contributed by atoms with Crippen LogP contribution < -0.4 is 11.1 Å². The summed E-state index contributed by atoms with van der Waals surface area (Å²) in [5.41, 5.74) is 5.35. The van der Waals surface area contributed by atoms with Gasteiger partial charge in [0.1, 0.15) is 0 Å². The van der Waals surface area contributed by atoms with Crippen LogP contribution in [0.15, 0.2) is 6.20 Å². The van der Waals surface area contributed by atoms with Crippen LogP contribution in [0.2, 0.25) is 0 Å². The first-order chi connectivity index (χ1) is 6.50. The molecule has 1 aromatic rings. The highest BCUT2D eigenvalue weighted by Gasteiger charge is 2.11. The Bertz CT molecular complexity index is 359. The Morgan fingerprint density at radius 3 is 2.71 bits per heavy atom. The predicted molar refractivity (Wildman–Crippen MR) is 54.4 cm³/mol. The van der Waals surface area contributed by atoms with Crippen LogP contribution >= 0.6 is 11.3 Å². The lowest BCUT2D eigenvalue weighted by molar-refractivity contribution is -0.117. The van der Waals surface area contributed by atoms with Crippen LogP contribution in [0.1, 0.15) is 23.5 Å². The van der Waals surface area contributed by atoms with E-state index in [9.17, 15) is 9.59 Å². The van der Waals surface area contributed by atoms with Gasteiger partial charge < -0.3 is 11.1 Å². The molecule has 3 N–H and O–H groups in total. The van der Waals surface area contributed by atoms with Gasteiger partial charge in [-0.1, -0.05) is 11.3 Å². The number of aromatic nitrogens is 1. The van der Waals surface area contributed by atoms with Crippen molar-refractivity contribution in [3.05, 3.63) is 11.1 Å². The number of hydrogen-bond acceptors (Lipinski definition) is 5. The van der Waals surface area contributed by atoms with Gasteiger partial charge in [-0.3, -0.25) is 9.59 Å². The zero-order chi connectivity index (χ0) is 10.7. The number of ketones is 1. The molecule has 0 aliphatic carbocycles. The second-order valence-electron chi connectivity index (χ2n) is 2.86. The molecule has 0 aliphatic rings. The van der Waals surface area contributed by atoms with E-state index in [2.05, 4.69) is 10.3 Å². The van der Waals surface area contributed by atoms with E-state index < -0.39 is 6.04 Å². The Kier molecular flexibility index (Phi) is 3.32. The summed E-state index contributed by atoms with van der Waals surface area (Å²) in [4.78, 5) is 26.4. The molecule has 0 spiro atoms. The Morgan fingerprint density at radius 2 is 2.29 bits per heavy atom. The van der Waals surface area contributed by atoms with Crippen LogP contribution in [-0.4, -0.2) is 22.7 Å². The molecule has 0 saturated heterocycles. The van der Waals surface area contributed by atoms with Crippen molar-refractivity contribution in [1.82, 2.24) is 4.98 Å². The second-order valence-corrected chi connectivity index (χ2v) is 3.89. The molecule has 14 heavy (non-hydrogen) atoms. The van der Waals surface area contributed by atoms with Crippen molar-refractivity contribution in [2.24, 2.45) is 5.73 Å². The molecule has 0 radical (unpaired) electrons. The van der Waals surface area contributed by atoms with E-state index in [1.54, 1.807) is 6.92 Å². The van der Waals surface area contributed by atoms with Gasteiger partial charge in [0, 0.05) is 6.92 Å². The van der Waals surface area contributed by atoms with E-state index in [0.717, 1.165) is 11.3 Å². The van der Waals surface area contributed by atoms with Crippen molar-refractivity contribution < 1.29 is 9.59 Å². The average molecular weight is 213 g/mol. The molecule has 5 nitrogen and oxygen atoms in total. The largest absolute Gasteiger partial charge is 0.320 e. The van der Waals surface area contributed by atoms with Gasteiger partial charge in [0.25, 0.3) is 0 Å². The van der Waals surface area contributed by atoms with Crippen molar-refractivity contribution >= 4 is 28.2 Å². The summed E-state index contributed by atoms with van der Waals surface area (Å²) in [6.07, 6.45) is 1.43. The number of anilines is 1. The lowest BCUT2D eigenvalue weighted by Crippen LogP contribution is -2.32. The molecule has 0 aromatic carbocycles. The number of rotatable bonds is 3. The second kappa shape index (κ2) is 4.30. The minimum Gasteiger partial charge on any atom is -0.320 e. The number of amides is 1. The zero-order valence-electron chi connectivity index (χ0n) is 7.90. The number of carbonyl (C=O) groups is 2. The molecule has 0 saturated carbocycles. The topological polar surface area (TPSA) is 85.1 Å². The standard InChI is InChI=1S/C8H11N3O2S/c1-4(9)7(13)11-8-10-3-6(14-8)5(2)12/h3-4H,9H2,1-2H3,(H,10,11,13). The van der Waals surface area contributed by atoms with Gasteiger partial charge in [-0.25, -0.2) is 4.98 Å². The monoisotopic (exact) mass is 213 g/mol. The first-order valence-electron chi connectivity index (χ1n) is 4.04. The predicted octanol–water partition coefficient (Wildman–Crippen LogP) is 0.631. The molecule has 1 heterocycles. The quantitative estimate of drug-likeness (QED) is 0.721. The number of hydrogen-bond donors (Lipinski definition) is 2. The van der Waals surface area contributed by atoms with Crippen LogP contribution in [-0.2, 0) is 4.79 Å². The maximum atomic E-state index is 11.1. The third-order valence-electron chi connectivity index (χ3n) is 1.50. The first-order valence-corrected chi connectivity index (χ1v) is 4.85. The fourth-order valence-corrected chi connectivity index (χ4v) is 1.43. The van der Waals surface area contributed by atoms with E-state index in [1.165, 1.54) is 13.1 Å². The van der Waals surface area contributed by atoms with Gasteiger partial charge in [-0.05, 0) is 6.92 Å². The van der Waals surface area contributed by atoms with Gasteiger partial charge in [-0.15, -0.1) is 0 Å². The lowest BCUT2D eigenvalue weighted by atomic mass is 10.3. The number of nitrogens with one attached hydrogen (secondary N) is 1. The van der Waals surface area contributed by atoms with Gasteiger partial charge in [0.2, 0.25) is 5.91 Å². The first kappa shape index (κ1) is 10.8. The van der Waals surface area contributed by atoms with E-state index >= 15 is 0 Å². The van der Waals surface area contributed by atoms with Crippen LogP contribution in [0.3, 0.4) is 0 Å². The molecule has 6 heteroatoms. The SMILES string of the molecule is CC(=O)c1cnc(NC(=O)C(C)N)s1. The summed E-state index contributed by atoms with van der Waals surface area (Å²) < 4.78 is 0. The van der Waals surface area contributed by atoms with Crippen LogP contribution in [0.5, 0.6) is 0 Å². The number of thiazole rings is 1. The third kappa shape index (κ3) is 2.61. The fourth-order valence-electron chi connectivity index (χ4n) is 0.714. The molecular formula is C8H11N3O2S. The maximum absolute atomic E-state index is 11.1. The van der Waals surface area contributed by atoms with Crippen LogP contribution in [0.25, 0.3) is 0 Å². The van der Waals surface area contributed by atoms with Crippen molar-refractivity contribution in [2.75, 3.05) is 5.32 Å². The summed E-state index contributed by atoms with van der Waals surface area (Å²) >= 11 is 1.14. The molecule has 1 atom stereocenters. The van der Waals surface area contributed by atoms with Gasteiger partial charge in [-0.2, -0.15) is 0 Å². The molecule has 0 aliphatic heterocycles. The van der Waals surface area contributed by atoms with Crippen LogP contribution in [0.4, 0.5) is 5.13 Å². The maximum Gasteiger partial charge on any atom is 0.242 e. The molecule has 1 amide bonds. The van der Waals surface area contributed by atoms with E-state index in [1.807, 2.05) is 0 Å². The van der Waals surface area contributed by atoms with Crippen LogP contribution in [0, 0.1) is 0 Å². The van der Waals surface area contributed by atoms with Gasteiger partial charge in [0.15, 0.2) is 10.9 Å². The Labute approximate surface area is 85.3 Å². The molecule has 76 valence electrons. The summed E-state index contributed by atoms with van der Waals surface area (Å²) in [6.45, 7) is 3.03. The molecule has 0 fully saturated rings. The van der Waals surface area contributed by atoms with Crippen molar-refractivity contribution in [3.63, 3.8) is 0 Å².